The molecule has 0 aromatic heterocycles. The Balaban J connectivity index is 1.56. The predicted molar refractivity (Wildman–Crippen MR) is 115 cm³/mol. The summed E-state index contributed by atoms with van der Waals surface area (Å²) in [6.07, 6.45) is 0. The molecule has 2 N–H and O–H groups in total. The van der Waals surface area contributed by atoms with Crippen LogP contribution in [0.25, 0.3) is 0 Å². The zero-order chi connectivity index (χ0) is 19.1. The second-order valence-corrected chi connectivity index (χ2v) is 7.04. The van der Waals surface area contributed by atoms with E-state index in [1.807, 2.05) is 54.6 Å². The van der Waals surface area contributed by atoms with Crippen LogP contribution in [0.4, 0.5) is 5.69 Å². The fraction of sp³-hybridized carbons (Fsp3) is 0.0476. The molecule has 0 radical (unpaired) electrons. The third-order valence-electron chi connectivity index (χ3n) is 3.67. The normalized spacial score (nSPS) is 10.1. The van der Waals surface area contributed by atoms with Crippen molar-refractivity contribution in [3.8, 4) is 5.75 Å². The Hall–Kier alpha value is -2.70. The van der Waals surface area contributed by atoms with Gasteiger partial charge in [0.15, 0.2) is 5.11 Å². The molecule has 0 heterocycles. The summed E-state index contributed by atoms with van der Waals surface area (Å²) in [4.78, 5) is 12.2. The monoisotopic (exact) mass is 440 g/mol. The molecule has 3 rings (SSSR count). The second-order valence-electron chi connectivity index (χ2n) is 5.72. The first-order chi connectivity index (χ1) is 13.1. The van der Waals surface area contributed by atoms with Crippen LogP contribution in [0.2, 0.25) is 0 Å². The number of amides is 1. The van der Waals surface area contributed by atoms with Crippen molar-refractivity contribution in [2.45, 2.75) is 6.61 Å². The van der Waals surface area contributed by atoms with E-state index in [2.05, 4.69) is 26.6 Å². The molecule has 0 saturated carbocycles. The molecule has 6 heteroatoms. The zero-order valence-corrected chi connectivity index (χ0v) is 16.7. The minimum absolute atomic E-state index is 0.225. The van der Waals surface area contributed by atoms with Gasteiger partial charge >= 0.3 is 0 Å². The van der Waals surface area contributed by atoms with Crippen LogP contribution < -0.4 is 15.4 Å². The molecule has 0 aliphatic heterocycles. The second kappa shape index (κ2) is 9.30. The summed E-state index contributed by atoms with van der Waals surface area (Å²) < 4.78 is 6.71. The number of carbonyl (C=O) groups excluding carboxylic acids is 1. The highest BCUT2D eigenvalue weighted by atomic mass is 79.9. The molecular weight excluding hydrogens is 424 g/mol. The van der Waals surface area contributed by atoms with Crippen molar-refractivity contribution >= 4 is 44.9 Å². The minimum atomic E-state index is -0.267. The van der Waals surface area contributed by atoms with E-state index in [1.165, 1.54) is 0 Å². The maximum absolute atomic E-state index is 12.2. The van der Waals surface area contributed by atoms with Gasteiger partial charge in [0, 0.05) is 21.8 Å². The van der Waals surface area contributed by atoms with Crippen LogP contribution in [0, 0.1) is 0 Å². The molecule has 0 aliphatic carbocycles. The number of thiocarbonyl (C=S) groups is 1. The van der Waals surface area contributed by atoms with Crippen LogP contribution in [-0.2, 0) is 6.61 Å². The number of ether oxygens (including phenoxy) is 1. The quantitative estimate of drug-likeness (QED) is 0.538. The lowest BCUT2D eigenvalue weighted by atomic mass is 10.2. The van der Waals surface area contributed by atoms with Crippen molar-refractivity contribution < 1.29 is 9.53 Å². The standard InChI is InChI=1S/C21H17BrN2O2S/c22-17-11-9-16(10-12-17)20(25)24-21(27)23-18-7-4-8-19(13-18)26-14-15-5-2-1-3-6-15/h1-13H,14H2,(H2,23,24,25,27). The smallest absolute Gasteiger partial charge is 0.257 e. The Morgan fingerprint density at radius 2 is 1.70 bits per heavy atom. The van der Waals surface area contributed by atoms with Crippen molar-refractivity contribution in [1.29, 1.82) is 0 Å². The number of anilines is 1. The van der Waals surface area contributed by atoms with Crippen LogP contribution >= 0.6 is 28.1 Å². The molecular formula is C21H17BrN2O2S. The zero-order valence-electron chi connectivity index (χ0n) is 14.3. The van der Waals surface area contributed by atoms with Crippen molar-refractivity contribution in [1.82, 2.24) is 5.32 Å². The number of rotatable bonds is 5. The van der Waals surface area contributed by atoms with Gasteiger partial charge in [-0.3, -0.25) is 10.1 Å². The lowest BCUT2D eigenvalue weighted by Gasteiger charge is -2.11. The third kappa shape index (κ3) is 5.91. The Labute approximate surface area is 171 Å². The average Bonchev–Trinajstić information content (AvgIpc) is 2.68. The van der Waals surface area contributed by atoms with Gasteiger partial charge in [-0.2, -0.15) is 0 Å². The largest absolute Gasteiger partial charge is 0.489 e. The van der Waals surface area contributed by atoms with E-state index in [1.54, 1.807) is 24.3 Å². The van der Waals surface area contributed by atoms with Gasteiger partial charge < -0.3 is 10.1 Å². The average molecular weight is 441 g/mol. The molecule has 1 amide bonds. The molecule has 3 aromatic rings. The molecule has 0 unspecified atom stereocenters. The van der Waals surface area contributed by atoms with Gasteiger partial charge in [0.25, 0.3) is 5.91 Å². The van der Waals surface area contributed by atoms with Crippen LogP contribution in [-0.4, -0.2) is 11.0 Å². The van der Waals surface area contributed by atoms with Crippen molar-refractivity contribution in [2.75, 3.05) is 5.32 Å². The fourth-order valence-electron chi connectivity index (χ4n) is 2.34. The summed E-state index contributed by atoms with van der Waals surface area (Å²) in [5.74, 6) is 0.447. The predicted octanol–water partition coefficient (Wildman–Crippen LogP) is 5.15. The summed E-state index contributed by atoms with van der Waals surface area (Å²) in [7, 11) is 0. The molecule has 0 aliphatic rings. The van der Waals surface area contributed by atoms with E-state index >= 15 is 0 Å². The summed E-state index contributed by atoms with van der Waals surface area (Å²) >= 11 is 8.57. The molecule has 27 heavy (non-hydrogen) atoms. The van der Waals surface area contributed by atoms with E-state index in [-0.39, 0.29) is 11.0 Å². The van der Waals surface area contributed by atoms with E-state index in [0.717, 1.165) is 15.7 Å². The molecule has 0 atom stereocenters. The first-order valence-electron chi connectivity index (χ1n) is 8.25. The maximum atomic E-state index is 12.2. The van der Waals surface area contributed by atoms with Gasteiger partial charge in [-0.1, -0.05) is 52.3 Å². The number of hydrogen-bond donors (Lipinski definition) is 2. The van der Waals surface area contributed by atoms with Crippen LogP contribution in [0.5, 0.6) is 5.75 Å². The molecule has 0 spiro atoms. The van der Waals surface area contributed by atoms with Crippen LogP contribution in [0.3, 0.4) is 0 Å². The highest BCUT2D eigenvalue weighted by molar-refractivity contribution is 9.10. The highest BCUT2D eigenvalue weighted by Crippen LogP contribution is 2.18. The lowest BCUT2D eigenvalue weighted by Crippen LogP contribution is -2.34. The van der Waals surface area contributed by atoms with Gasteiger partial charge in [0.05, 0.1) is 0 Å². The Morgan fingerprint density at radius 3 is 2.44 bits per heavy atom. The fourth-order valence-corrected chi connectivity index (χ4v) is 2.82. The van der Waals surface area contributed by atoms with Gasteiger partial charge in [-0.05, 0) is 54.2 Å². The van der Waals surface area contributed by atoms with Gasteiger partial charge in [-0.25, -0.2) is 0 Å². The SMILES string of the molecule is O=C(NC(=S)Nc1cccc(OCc2ccccc2)c1)c1ccc(Br)cc1. The van der Waals surface area contributed by atoms with E-state index in [4.69, 9.17) is 17.0 Å². The highest BCUT2D eigenvalue weighted by Gasteiger charge is 2.08. The maximum Gasteiger partial charge on any atom is 0.257 e. The van der Waals surface area contributed by atoms with E-state index in [0.29, 0.717) is 17.9 Å². The molecule has 136 valence electrons. The van der Waals surface area contributed by atoms with E-state index < -0.39 is 0 Å². The number of benzene rings is 3. The minimum Gasteiger partial charge on any atom is -0.489 e. The lowest BCUT2D eigenvalue weighted by molar-refractivity contribution is 0.0977. The molecule has 4 nitrogen and oxygen atoms in total. The molecule has 0 saturated heterocycles. The van der Waals surface area contributed by atoms with Crippen LogP contribution in [0.15, 0.2) is 83.3 Å². The van der Waals surface area contributed by atoms with Crippen molar-refractivity contribution in [3.05, 3.63) is 94.5 Å². The summed E-state index contributed by atoms with van der Waals surface area (Å²) in [5.41, 5.74) is 2.36. The number of nitrogens with one attached hydrogen (secondary N) is 2. The van der Waals surface area contributed by atoms with Gasteiger partial charge in [-0.15, -0.1) is 0 Å². The first kappa shape index (κ1) is 19.1. The number of carbonyl (C=O) groups is 1. The van der Waals surface area contributed by atoms with Crippen LogP contribution in [0.1, 0.15) is 15.9 Å². The summed E-state index contributed by atoms with van der Waals surface area (Å²) in [6.45, 7) is 0.481. The molecule has 0 bridgehead atoms. The number of hydrogen-bond acceptors (Lipinski definition) is 3. The van der Waals surface area contributed by atoms with Crippen molar-refractivity contribution in [3.63, 3.8) is 0 Å². The van der Waals surface area contributed by atoms with Crippen molar-refractivity contribution in [2.24, 2.45) is 0 Å². The van der Waals surface area contributed by atoms with Gasteiger partial charge in [0.1, 0.15) is 12.4 Å². The Kier molecular flexibility index (Phi) is 6.57. The molecule has 0 fully saturated rings. The van der Waals surface area contributed by atoms with Gasteiger partial charge in [0.2, 0.25) is 0 Å². The third-order valence-corrected chi connectivity index (χ3v) is 4.41. The Morgan fingerprint density at radius 1 is 0.963 bits per heavy atom. The topological polar surface area (TPSA) is 50.4 Å². The summed E-state index contributed by atoms with van der Waals surface area (Å²) in [5, 5.41) is 5.89. The number of halogens is 1. The van der Waals surface area contributed by atoms with E-state index in [9.17, 15) is 4.79 Å². The Bertz CT molecular complexity index is 930. The molecule has 3 aromatic carbocycles. The summed E-state index contributed by atoms with van der Waals surface area (Å²) in [6, 6.07) is 24.4. The first-order valence-corrected chi connectivity index (χ1v) is 9.45.